The average molecular weight is 337 g/mol. The van der Waals surface area contributed by atoms with E-state index in [1.807, 2.05) is 4.90 Å². The van der Waals surface area contributed by atoms with E-state index in [1.165, 1.54) is 30.5 Å². The van der Waals surface area contributed by atoms with Crippen molar-refractivity contribution in [2.75, 3.05) is 45.2 Å². The molecule has 1 heterocycles. The quantitative estimate of drug-likeness (QED) is 0.842. The van der Waals surface area contributed by atoms with Crippen LogP contribution >= 0.6 is 0 Å². The van der Waals surface area contributed by atoms with Gasteiger partial charge in [0, 0.05) is 46.0 Å². The van der Waals surface area contributed by atoms with Crippen molar-refractivity contribution in [1.29, 1.82) is 0 Å². The molecule has 1 aromatic carbocycles. The second kappa shape index (κ2) is 6.05. The van der Waals surface area contributed by atoms with Crippen LogP contribution in [0.1, 0.15) is 5.56 Å². The zero-order valence-electron chi connectivity index (χ0n) is 12.3. The number of alkyl halides is 3. The van der Waals surface area contributed by atoms with Gasteiger partial charge in [0.2, 0.25) is 0 Å². The predicted molar refractivity (Wildman–Crippen MR) is 77.8 cm³/mol. The van der Waals surface area contributed by atoms with Crippen molar-refractivity contribution in [2.45, 2.75) is 6.18 Å². The molecule has 1 fully saturated rings. The Morgan fingerprint density at radius 1 is 1.00 bits per heavy atom. The minimum absolute atomic E-state index is 0.307. The van der Waals surface area contributed by atoms with Crippen molar-refractivity contribution in [3.63, 3.8) is 0 Å². The molecule has 5 nitrogen and oxygen atoms in total. The van der Waals surface area contributed by atoms with Gasteiger partial charge in [-0.15, -0.1) is 0 Å². The highest BCUT2D eigenvalue weighted by molar-refractivity contribution is 7.86. The summed E-state index contributed by atoms with van der Waals surface area (Å²) in [5, 5.41) is 0. The Labute approximate surface area is 128 Å². The Hall–Kier alpha value is -1.32. The number of rotatable bonds is 3. The standard InChI is InChI=1S/C13H18F3N3O2S/c1-17(2)22(20,21)19-9-7-18(8-10-19)12-5-3-11(4-6-12)13(14,15)16/h3-6H,7-10H2,1-2H3. The maximum absolute atomic E-state index is 12.5. The number of anilines is 1. The van der Waals surface area contributed by atoms with E-state index in [4.69, 9.17) is 0 Å². The van der Waals surface area contributed by atoms with E-state index in [9.17, 15) is 21.6 Å². The van der Waals surface area contributed by atoms with Gasteiger partial charge < -0.3 is 4.90 Å². The number of hydrogen-bond acceptors (Lipinski definition) is 3. The summed E-state index contributed by atoms with van der Waals surface area (Å²) in [6, 6.07) is 4.91. The van der Waals surface area contributed by atoms with Gasteiger partial charge in [0.25, 0.3) is 10.2 Å². The predicted octanol–water partition coefficient (Wildman–Crippen LogP) is 1.63. The fourth-order valence-electron chi connectivity index (χ4n) is 2.27. The van der Waals surface area contributed by atoms with Gasteiger partial charge in [0.15, 0.2) is 0 Å². The van der Waals surface area contributed by atoms with Crippen molar-refractivity contribution in [3.8, 4) is 0 Å². The van der Waals surface area contributed by atoms with Crippen LogP contribution in [-0.2, 0) is 16.4 Å². The zero-order valence-corrected chi connectivity index (χ0v) is 13.2. The molecule has 0 amide bonds. The van der Waals surface area contributed by atoms with Gasteiger partial charge in [-0.3, -0.25) is 0 Å². The minimum atomic E-state index is -4.35. The van der Waals surface area contributed by atoms with Crippen LogP contribution in [0.2, 0.25) is 0 Å². The Kier molecular flexibility index (Phi) is 4.69. The molecule has 1 aliphatic heterocycles. The van der Waals surface area contributed by atoms with E-state index in [1.54, 1.807) is 0 Å². The van der Waals surface area contributed by atoms with Crippen LogP contribution < -0.4 is 4.90 Å². The Morgan fingerprint density at radius 3 is 1.91 bits per heavy atom. The molecule has 22 heavy (non-hydrogen) atoms. The normalized spacial score (nSPS) is 18.0. The molecule has 9 heteroatoms. The molecule has 0 atom stereocenters. The zero-order chi connectivity index (χ0) is 16.5. The molecule has 0 radical (unpaired) electrons. The highest BCUT2D eigenvalue weighted by Crippen LogP contribution is 2.30. The first kappa shape index (κ1) is 17.0. The van der Waals surface area contributed by atoms with Crippen LogP contribution in [0, 0.1) is 0 Å². The summed E-state index contributed by atoms with van der Waals surface area (Å²) in [5.41, 5.74) is -0.0278. The topological polar surface area (TPSA) is 43.9 Å². The van der Waals surface area contributed by atoms with Crippen molar-refractivity contribution >= 4 is 15.9 Å². The van der Waals surface area contributed by atoms with Gasteiger partial charge in [-0.05, 0) is 24.3 Å². The molecule has 0 spiro atoms. The van der Waals surface area contributed by atoms with Gasteiger partial charge in [-0.1, -0.05) is 0 Å². The summed E-state index contributed by atoms with van der Waals surface area (Å²) >= 11 is 0. The highest BCUT2D eigenvalue weighted by Gasteiger charge is 2.31. The lowest BCUT2D eigenvalue weighted by Gasteiger charge is -2.36. The lowest BCUT2D eigenvalue weighted by molar-refractivity contribution is -0.137. The van der Waals surface area contributed by atoms with Crippen LogP contribution in [0.3, 0.4) is 0 Å². The molecule has 0 bridgehead atoms. The number of halogens is 3. The first-order valence-electron chi connectivity index (χ1n) is 6.72. The van der Waals surface area contributed by atoms with Crippen LogP contribution in [0.5, 0.6) is 0 Å². The van der Waals surface area contributed by atoms with Crippen molar-refractivity contribution in [3.05, 3.63) is 29.8 Å². The molecule has 2 rings (SSSR count). The number of piperazine rings is 1. The van der Waals surface area contributed by atoms with Gasteiger partial charge in [-0.2, -0.15) is 30.2 Å². The fourth-order valence-corrected chi connectivity index (χ4v) is 3.36. The first-order chi connectivity index (χ1) is 10.1. The third-order valence-corrected chi connectivity index (χ3v) is 5.53. The maximum atomic E-state index is 12.5. The molecule has 124 valence electrons. The summed E-state index contributed by atoms with van der Waals surface area (Å²) < 4.78 is 64.1. The molecule has 0 saturated carbocycles. The van der Waals surface area contributed by atoms with Crippen LogP contribution in [0.15, 0.2) is 24.3 Å². The second-order valence-corrected chi connectivity index (χ2v) is 7.36. The molecular formula is C13H18F3N3O2S. The summed E-state index contributed by atoms with van der Waals surface area (Å²) in [6.45, 7) is 1.50. The molecule has 1 aromatic rings. The largest absolute Gasteiger partial charge is 0.416 e. The van der Waals surface area contributed by atoms with E-state index >= 15 is 0 Å². The number of nitrogens with zero attached hydrogens (tertiary/aromatic N) is 3. The van der Waals surface area contributed by atoms with Crippen LogP contribution in [0.4, 0.5) is 18.9 Å². The van der Waals surface area contributed by atoms with E-state index in [0.29, 0.717) is 31.9 Å². The van der Waals surface area contributed by atoms with Crippen LogP contribution in [0.25, 0.3) is 0 Å². The summed E-state index contributed by atoms with van der Waals surface area (Å²) in [7, 11) is -0.501. The molecule has 0 unspecified atom stereocenters. The van der Waals surface area contributed by atoms with Crippen molar-refractivity contribution in [1.82, 2.24) is 8.61 Å². The summed E-state index contributed by atoms with van der Waals surface area (Å²) in [6.07, 6.45) is -4.35. The van der Waals surface area contributed by atoms with Crippen LogP contribution in [-0.4, -0.2) is 57.3 Å². The molecule has 1 saturated heterocycles. The van der Waals surface area contributed by atoms with E-state index in [0.717, 1.165) is 16.4 Å². The Morgan fingerprint density at radius 2 is 1.50 bits per heavy atom. The maximum Gasteiger partial charge on any atom is 0.416 e. The molecule has 0 N–H and O–H groups in total. The van der Waals surface area contributed by atoms with Gasteiger partial charge in [0.1, 0.15) is 0 Å². The third-order valence-electron chi connectivity index (χ3n) is 3.59. The third kappa shape index (κ3) is 3.53. The van der Waals surface area contributed by atoms with E-state index < -0.39 is 21.9 Å². The van der Waals surface area contributed by atoms with Gasteiger partial charge in [0.05, 0.1) is 5.56 Å². The first-order valence-corrected chi connectivity index (χ1v) is 8.12. The number of hydrogen-bond donors (Lipinski definition) is 0. The smallest absolute Gasteiger partial charge is 0.369 e. The lowest BCUT2D eigenvalue weighted by Crippen LogP contribution is -2.51. The molecule has 0 aliphatic carbocycles. The average Bonchev–Trinajstić information content (AvgIpc) is 2.46. The second-order valence-electron chi connectivity index (χ2n) is 5.22. The lowest BCUT2D eigenvalue weighted by atomic mass is 10.2. The molecule has 1 aliphatic rings. The van der Waals surface area contributed by atoms with Crippen molar-refractivity contribution in [2.24, 2.45) is 0 Å². The van der Waals surface area contributed by atoms with Gasteiger partial charge in [-0.25, -0.2) is 0 Å². The van der Waals surface area contributed by atoms with E-state index in [2.05, 4.69) is 0 Å². The molecule has 0 aromatic heterocycles. The summed E-state index contributed by atoms with van der Waals surface area (Å²) in [4.78, 5) is 1.88. The SMILES string of the molecule is CN(C)S(=O)(=O)N1CCN(c2ccc(C(F)(F)F)cc2)CC1. The molecular weight excluding hydrogens is 319 g/mol. The fraction of sp³-hybridized carbons (Fsp3) is 0.538. The van der Waals surface area contributed by atoms with E-state index in [-0.39, 0.29) is 0 Å². The summed E-state index contributed by atoms with van der Waals surface area (Å²) in [5.74, 6) is 0. The number of benzene rings is 1. The highest BCUT2D eigenvalue weighted by atomic mass is 32.2. The Balaban J connectivity index is 2.03. The minimum Gasteiger partial charge on any atom is -0.369 e. The monoisotopic (exact) mass is 337 g/mol. The van der Waals surface area contributed by atoms with Crippen molar-refractivity contribution < 1.29 is 21.6 Å². The van der Waals surface area contributed by atoms with Gasteiger partial charge >= 0.3 is 6.18 Å². The Bertz CT molecular complexity index is 606.